The number of Topliss-reactive ketones (excluding diaryl/α,β-unsaturated/α-hetero) is 1. The lowest BCUT2D eigenvalue weighted by atomic mass is 9.88. The molecule has 0 saturated heterocycles. The first-order valence-electron chi connectivity index (χ1n) is 9.17. The van der Waals surface area contributed by atoms with E-state index in [1.54, 1.807) is 55.5 Å². The highest BCUT2D eigenvalue weighted by molar-refractivity contribution is 6.30. The van der Waals surface area contributed by atoms with Crippen LogP contribution in [0.15, 0.2) is 48.5 Å². The average molecular weight is 402 g/mol. The molecule has 0 unspecified atom stereocenters. The number of ketones is 1. The van der Waals surface area contributed by atoms with Gasteiger partial charge in [-0.2, -0.15) is 0 Å². The average Bonchev–Trinajstić information content (AvgIpc) is 2.68. The lowest BCUT2D eigenvalue weighted by Crippen LogP contribution is -2.23. The fourth-order valence-electron chi connectivity index (χ4n) is 2.76. The van der Waals surface area contributed by atoms with Gasteiger partial charge >= 0.3 is 5.97 Å². The number of ether oxygens (including phenoxy) is 1. The molecular weight excluding hydrogens is 378 g/mol. The van der Waals surface area contributed by atoms with Gasteiger partial charge in [0.05, 0.1) is 5.92 Å². The molecule has 0 aliphatic heterocycles. The van der Waals surface area contributed by atoms with E-state index in [1.807, 2.05) is 13.8 Å². The Kier molecular flexibility index (Phi) is 7.76. The Morgan fingerprint density at radius 3 is 2.14 bits per heavy atom. The molecule has 0 saturated carbocycles. The summed E-state index contributed by atoms with van der Waals surface area (Å²) in [5, 5.41) is 3.30. The maximum atomic E-state index is 12.6. The Labute approximate surface area is 170 Å². The van der Waals surface area contributed by atoms with Crippen LogP contribution in [0, 0.1) is 5.92 Å². The molecule has 0 aliphatic carbocycles. The van der Waals surface area contributed by atoms with Crippen LogP contribution >= 0.6 is 11.6 Å². The Morgan fingerprint density at radius 2 is 1.61 bits per heavy atom. The second kappa shape index (κ2) is 10.0. The number of nitrogens with one attached hydrogen (secondary N) is 1. The van der Waals surface area contributed by atoms with Crippen LogP contribution in [0.5, 0.6) is 0 Å². The third-order valence-corrected chi connectivity index (χ3v) is 4.56. The Morgan fingerprint density at radius 1 is 1.00 bits per heavy atom. The van der Waals surface area contributed by atoms with Crippen LogP contribution in [0.4, 0.5) is 5.69 Å². The number of anilines is 1. The lowest BCUT2D eigenvalue weighted by Gasteiger charge is -2.19. The summed E-state index contributed by atoms with van der Waals surface area (Å²) in [5.74, 6) is -1.32. The van der Waals surface area contributed by atoms with Gasteiger partial charge in [-0.05, 0) is 47.9 Å². The number of amides is 1. The van der Waals surface area contributed by atoms with E-state index in [1.165, 1.54) is 0 Å². The molecule has 1 atom stereocenters. The Hall–Kier alpha value is -2.66. The maximum Gasteiger partial charge on any atom is 0.314 e. The molecule has 1 amide bonds. The van der Waals surface area contributed by atoms with Crippen LogP contribution in [-0.4, -0.2) is 24.3 Å². The molecule has 0 fully saturated rings. The SMILES string of the molecule is CCC(=O)Nc1ccc(C(=O)COC(=O)[C@@H](c2ccc(Cl)cc2)C(C)C)cc1. The van der Waals surface area contributed by atoms with E-state index in [2.05, 4.69) is 5.32 Å². The van der Waals surface area contributed by atoms with Crippen LogP contribution in [0.3, 0.4) is 0 Å². The molecule has 0 spiro atoms. The standard InChI is InChI=1S/C22H24ClNO4/c1-4-20(26)24-18-11-7-15(8-12-18)19(25)13-28-22(27)21(14(2)3)16-5-9-17(23)10-6-16/h5-12,14,21H,4,13H2,1-3H3,(H,24,26)/t21-/m1/s1. The van der Waals surface area contributed by atoms with Crippen molar-refractivity contribution in [3.05, 3.63) is 64.7 Å². The van der Waals surface area contributed by atoms with Gasteiger partial charge in [0.1, 0.15) is 0 Å². The fraction of sp³-hybridized carbons (Fsp3) is 0.318. The number of hydrogen-bond donors (Lipinski definition) is 1. The van der Waals surface area contributed by atoms with Gasteiger partial charge in [-0.3, -0.25) is 14.4 Å². The summed E-state index contributed by atoms with van der Waals surface area (Å²) < 4.78 is 5.29. The highest BCUT2D eigenvalue weighted by Gasteiger charge is 2.26. The van der Waals surface area contributed by atoms with Crippen molar-refractivity contribution in [3.8, 4) is 0 Å². The lowest BCUT2D eigenvalue weighted by molar-refractivity contribution is -0.145. The first-order valence-corrected chi connectivity index (χ1v) is 9.54. The summed E-state index contributed by atoms with van der Waals surface area (Å²) >= 11 is 5.91. The molecule has 2 aromatic carbocycles. The van der Waals surface area contributed by atoms with Crippen LogP contribution in [-0.2, 0) is 14.3 Å². The molecule has 0 aliphatic rings. The molecule has 0 radical (unpaired) electrons. The number of carbonyl (C=O) groups excluding carboxylic acids is 3. The van der Waals surface area contributed by atoms with Gasteiger partial charge in [-0.25, -0.2) is 0 Å². The van der Waals surface area contributed by atoms with Gasteiger partial charge in [0.25, 0.3) is 0 Å². The molecule has 0 bridgehead atoms. The van der Waals surface area contributed by atoms with Crippen molar-refractivity contribution in [2.24, 2.45) is 5.92 Å². The first-order chi connectivity index (χ1) is 13.3. The minimum Gasteiger partial charge on any atom is -0.457 e. The fourth-order valence-corrected chi connectivity index (χ4v) is 2.89. The monoisotopic (exact) mass is 401 g/mol. The second-order valence-electron chi connectivity index (χ2n) is 6.78. The zero-order chi connectivity index (χ0) is 20.7. The largest absolute Gasteiger partial charge is 0.457 e. The van der Waals surface area contributed by atoms with E-state index in [0.29, 0.717) is 22.7 Å². The number of rotatable bonds is 8. The molecule has 148 valence electrons. The van der Waals surface area contributed by atoms with Crippen LogP contribution in [0.2, 0.25) is 5.02 Å². The molecule has 28 heavy (non-hydrogen) atoms. The first kappa shape index (κ1) is 21.6. The van der Waals surface area contributed by atoms with Gasteiger partial charge in [0, 0.05) is 22.7 Å². The summed E-state index contributed by atoms with van der Waals surface area (Å²) in [6.07, 6.45) is 0.376. The third-order valence-electron chi connectivity index (χ3n) is 4.31. The number of halogens is 1. The highest BCUT2D eigenvalue weighted by atomic mass is 35.5. The molecule has 6 heteroatoms. The predicted octanol–water partition coefficient (Wildman–Crippen LogP) is 4.85. The van der Waals surface area contributed by atoms with E-state index in [9.17, 15) is 14.4 Å². The van der Waals surface area contributed by atoms with Crippen LogP contribution in [0.1, 0.15) is 49.0 Å². The summed E-state index contributed by atoms with van der Waals surface area (Å²) in [6, 6.07) is 13.5. The third kappa shape index (κ3) is 5.92. The predicted molar refractivity (Wildman–Crippen MR) is 110 cm³/mol. The number of carbonyl (C=O) groups is 3. The van der Waals surface area contributed by atoms with E-state index >= 15 is 0 Å². The second-order valence-corrected chi connectivity index (χ2v) is 7.22. The minimum atomic E-state index is -0.475. The number of esters is 1. The summed E-state index contributed by atoms with van der Waals surface area (Å²) in [6.45, 7) is 5.27. The van der Waals surface area contributed by atoms with Crippen LogP contribution < -0.4 is 5.32 Å². The van der Waals surface area contributed by atoms with Crippen molar-refractivity contribution in [1.82, 2.24) is 0 Å². The topological polar surface area (TPSA) is 72.5 Å². The summed E-state index contributed by atoms with van der Waals surface area (Å²) in [5.41, 5.74) is 1.82. The quantitative estimate of drug-likeness (QED) is 0.506. The zero-order valence-electron chi connectivity index (χ0n) is 16.2. The van der Waals surface area contributed by atoms with E-state index in [4.69, 9.17) is 16.3 Å². The van der Waals surface area contributed by atoms with Crippen molar-refractivity contribution >= 4 is 34.9 Å². The van der Waals surface area contributed by atoms with Crippen LogP contribution in [0.25, 0.3) is 0 Å². The van der Waals surface area contributed by atoms with Gasteiger partial charge in [0.2, 0.25) is 5.91 Å². The maximum absolute atomic E-state index is 12.6. The van der Waals surface area contributed by atoms with E-state index in [0.717, 1.165) is 5.56 Å². The molecule has 0 heterocycles. The van der Waals surface area contributed by atoms with Gasteiger partial charge < -0.3 is 10.1 Å². The van der Waals surface area contributed by atoms with E-state index in [-0.39, 0.29) is 24.2 Å². The Bertz CT molecular complexity index is 829. The molecular formula is C22H24ClNO4. The highest BCUT2D eigenvalue weighted by Crippen LogP contribution is 2.27. The minimum absolute atomic E-state index is 0.00485. The van der Waals surface area contributed by atoms with E-state index < -0.39 is 11.9 Å². The van der Waals surface area contributed by atoms with Gasteiger partial charge in [-0.15, -0.1) is 0 Å². The van der Waals surface area contributed by atoms with Gasteiger partial charge in [-0.1, -0.05) is 44.5 Å². The normalized spacial score (nSPS) is 11.8. The zero-order valence-corrected chi connectivity index (χ0v) is 17.0. The van der Waals surface area contributed by atoms with Crippen molar-refractivity contribution < 1.29 is 19.1 Å². The van der Waals surface area contributed by atoms with Crippen molar-refractivity contribution in [2.75, 3.05) is 11.9 Å². The van der Waals surface area contributed by atoms with Crippen molar-refractivity contribution in [2.45, 2.75) is 33.1 Å². The summed E-state index contributed by atoms with van der Waals surface area (Å²) in [7, 11) is 0. The van der Waals surface area contributed by atoms with Crippen molar-refractivity contribution in [1.29, 1.82) is 0 Å². The van der Waals surface area contributed by atoms with Crippen molar-refractivity contribution in [3.63, 3.8) is 0 Å². The molecule has 5 nitrogen and oxygen atoms in total. The molecule has 2 aromatic rings. The molecule has 0 aromatic heterocycles. The number of benzene rings is 2. The number of hydrogen-bond acceptors (Lipinski definition) is 4. The molecule has 2 rings (SSSR count). The molecule has 1 N–H and O–H groups in total. The summed E-state index contributed by atoms with van der Waals surface area (Å²) in [4.78, 5) is 36.3. The van der Waals surface area contributed by atoms with Gasteiger partial charge in [0.15, 0.2) is 12.4 Å². The Balaban J connectivity index is 1.99. The smallest absolute Gasteiger partial charge is 0.314 e.